The summed E-state index contributed by atoms with van der Waals surface area (Å²) in [7, 11) is 0. The molecule has 0 aliphatic carbocycles. The molecule has 0 spiro atoms. The number of imidazole rings is 1. The fourth-order valence-electron chi connectivity index (χ4n) is 4.52. The van der Waals surface area contributed by atoms with Gasteiger partial charge < -0.3 is 15.0 Å². The van der Waals surface area contributed by atoms with Crippen LogP contribution in [0, 0.1) is 5.92 Å². The van der Waals surface area contributed by atoms with Crippen molar-refractivity contribution in [2.75, 3.05) is 0 Å². The molecule has 0 radical (unpaired) electrons. The van der Waals surface area contributed by atoms with Crippen molar-refractivity contribution in [1.29, 1.82) is 0 Å². The molecular weight excluding hydrogens is 496 g/mol. The first-order chi connectivity index (χ1) is 17.7. The van der Waals surface area contributed by atoms with Gasteiger partial charge in [0.05, 0.1) is 12.1 Å². The van der Waals surface area contributed by atoms with Gasteiger partial charge in [0.2, 0.25) is 5.91 Å². The second-order valence-electron chi connectivity index (χ2n) is 9.52. The number of halogens is 1. The minimum atomic E-state index is -1.01. The molecule has 4 N–H and O–H groups in total. The molecule has 0 saturated heterocycles. The highest BCUT2D eigenvalue weighted by molar-refractivity contribution is 6.32. The van der Waals surface area contributed by atoms with Crippen LogP contribution in [0.4, 0.5) is 0 Å². The van der Waals surface area contributed by atoms with E-state index in [0.29, 0.717) is 24.1 Å². The van der Waals surface area contributed by atoms with E-state index in [1.807, 2.05) is 26.0 Å². The predicted octanol–water partition coefficient (Wildman–Crippen LogP) is 4.82. The van der Waals surface area contributed by atoms with Crippen LogP contribution in [0.2, 0.25) is 5.15 Å². The van der Waals surface area contributed by atoms with Crippen molar-refractivity contribution in [3.8, 4) is 0 Å². The van der Waals surface area contributed by atoms with Crippen molar-refractivity contribution in [2.45, 2.75) is 65.5 Å². The Morgan fingerprint density at radius 3 is 2.43 bits per heavy atom. The van der Waals surface area contributed by atoms with Crippen molar-refractivity contribution in [2.24, 2.45) is 5.92 Å². The second kappa shape index (κ2) is 12.7. The first kappa shape index (κ1) is 28.1. The summed E-state index contributed by atoms with van der Waals surface area (Å²) in [5, 5.41) is 22.9. The van der Waals surface area contributed by atoms with E-state index in [2.05, 4.69) is 17.2 Å². The lowest BCUT2D eigenvalue weighted by Crippen LogP contribution is -2.40. The summed E-state index contributed by atoms with van der Waals surface area (Å²) >= 11 is 6.51. The molecule has 1 heterocycles. The van der Waals surface area contributed by atoms with Gasteiger partial charge in [0, 0.05) is 18.9 Å². The topological polar surface area (TPSA) is 134 Å². The predicted molar refractivity (Wildman–Crippen MR) is 141 cm³/mol. The number of benzene rings is 2. The van der Waals surface area contributed by atoms with Crippen LogP contribution in [-0.2, 0) is 17.8 Å². The van der Waals surface area contributed by atoms with Crippen molar-refractivity contribution in [1.82, 2.24) is 20.3 Å². The largest absolute Gasteiger partial charge is 0.478 e. The molecule has 1 aromatic heterocycles. The van der Waals surface area contributed by atoms with E-state index in [-0.39, 0.29) is 35.3 Å². The fraction of sp³-hybridized carbons (Fsp3) is 0.407. The standard InChI is InChI=1S/C27H33ClN4O5/c1-4-5-10-22-30-25(28)24(26(34)29-18(13-16(2)3)14-23(33)31-37)32(22)15-17-11-12-21(27(35)36)20-9-7-6-8-19(17)20/h6-9,11-12,16,18,37H,4-5,10,13-15H2,1-3H3,(H,29,34)(H,31,33)(H,35,36). The molecule has 1 atom stereocenters. The molecule has 1 unspecified atom stereocenters. The molecule has 2 aromatic carbocycles. The highest BCUT2D eigenvalue weighted by Gasteiger charge is 2.26. The second-order valence-corrected chi connectivity index (χ2v) is 9.88. The number of hydroxylamine groups is 1. The molecule has 0 saturated carbocycles. The molecule has 0 aliphatic heterocycles. The number of nitrogens with one attached hydrogen (secondary N) is 2. The molecule has 9 nitrogen and oxygen atoms in total. The van der Waals surface area contributed by atoms with Crippen LogP contribution < -0.4 is 10.8 Å². The Hall–Kier alpha value is -3.43. The van der Waals surface area contributed by atoms with Gasteiger partial charge in [0.1, 0.15) is 11.5 Å². The number of carbonyl (C=O) groups excluding carboxylic acids is 2. The molecule has 0 aliphatic rings. The third-order valence-electron chi connectivity index (χ3n) is 6.19. The molecule has 37 heavy (non-hydrogen) atoms. The number of carbonyl (C=O) groups is 3. The first-order valence-electron chi connectivity index (χ1n) is 12.4. The van der Waals surface area contributed by atoms with Gasteiger partial charge in [-0.2, -0.15) is 0 Å². The SMILES string of the molecule is CCCCc1nc(Cl)c(C(=O)NC(CC(=O)NO)CC(C)C)n1Cc1ccc(C(=O)O)c2ccccc12. The molecular formula is C27H33ClN4O5. The number of hydrogen-bond donors (Lipinski definition) is 4. The van der Waals surface area contributed by atoms with Gasteiger partial charge in [0.15, 0.2) is 5.15 Å². The summed E-state index contributed by atoms with van der Waals surface area (Å²) < 4.78 is 1.77. The Morgan fingerprint density at radius 1 is 1.11 bits per heavy atom. The van der Waals surface area contributed by atoms with Gasteiger partial charge in [-0.15, -0.1) is 0 Å². The van der Waals surface area contributed by atoms with E-state index in [1.165, 1.54) is 0 Å². The van der Waals surface area contributed by atoms with Gasteiger partial charge in [-0.1, -0.05) is 69.1 Å². The minimum absolute atomic E-state index is 0.0602. The molecule has 3 rings (SSSR count). The van der Waals surface area contributed by atoms with E-state index in [1.54, 1.807) is 34.3 Å². The molecule has 10 heteroatoms. The van der Waals surface area contributed by atoms with E-state index >= 15 is 0 Å². The fourth-order valence-corrected chi connectivity index (χ4v) is 4.81. The van der Waals surface area contributed by atoms with E-state index in [0.717, 1.165) is 23.8 Å². The summed E-state index contributed by atoms with van der Waals surface area (Å²) in [5.41, 5.74) is 2.82. The summed E-state index contributed by atoms with van der Waals surface area (Å²) in [6, 6.07) is 10.0. The van der Waals surface area contributed by atoms with Crippen LogP contribution in [0.3, 0.4) is 0 Å². The smallest absolute Gasteiger partial charge is 0.336 e. The number of unbranched alkanes of at least 4 members (excludes halogenated alkanes) is 1. The maximum atomic E-state index is 13.5. The summed E-state index contributed by atoms with van der Waals surface area (Å²) in [4.78, 5) is 41.6. The first-order valence-corrected chi connectivity index (χ1v) is 12.8. The maximum absolute atomic E-state index is 13.5. The Morgan fingerprint density at radius 2 is 1.81 bits per heavy atom. The van der Waals surface area contributed by atoms with Crippen LogP contribution in [-0.4, -0.2) is 43.7 Å². The number of fused-ring (bicyclic) bond motifs is 1. The number of aryl methyl sites for hydroxylation is 1. The zero-order valence-corrected chi connectivity index (χ0v) is 22.0. The van der Waals surface area contributed by atoms with E-state index in [9.17, 15) is 19.5 Å². The molecule has 0 bridgehead atoms. The highest BCUT2D eigenvalue weighted by Crippen LogP contribution is 2.27. The van der Waals surface area contributed by atoms with Crippen molar-refractivity contribution in [3.63, 3.8) is 0 Å². The maximum Gasteiger partial charge on any atom is 0.336 e. The summed E-state index contributed by atoms with van der Waals surface area (Å²) in [6.45, 7) is 6.27. The minimum Gasteiger partial charge on any atom is -0.478 e. The molecule has 0 fully saturated rings. The quantitative estimate of drug-likeness (QED) is 0.197. The van der Waals surface area contributed by atoms with Gasteiger partial charge in [-0.25, -0.2) is 15.3 Å². The summed E-state index contributed by atoms with van der Waals surface area (Å²) in [6.07, 6.45) is 2.82. The van der Waals surface area contributed by atoms with Gasteiger partial charge in [-0.3, -0.25) is 14.8 Å². The van der Waals surface area contributed by atoms with Crippen LogP contribution in [0.25, 0.3) is 10.8 Å². The highest BCUT2D eigenvalue weighted by atomic mass is 35.5. The van der Waals surface area contributed by atoms with Gasteiger partial charge >= 0.3 is 5.97 Å². The lowest BCUT2D eigenvalue weighted by Gasteiger charge is -2.21. The normalized spacial score (nSPS) is 12.1. The average molecular weight is 529 g/mol. The number of aromatic carboxylic acids is 1. The van der Waals surface area contributed by atoms with Crippen LogP contribution in [0.5, 0.6) is 0 Å². The zero-order chi connectivity index (χ0) is 27.1. The number of nitrogens with zero attached hydrogens (tertiary/aromatic N) is 2. The number of amides is 2. The third kappa shape index (κ3) is 6.87. The Balaban J connectivity index is 2.05. The van der Waals surface area contributed by atoms with Crippen LogP contribution in [0.15, 0.2) is 36.4 Å². The van der Waals surface area contributed by atoms with Crippen molar-refractivity contribution in [3.05, 3.63) is 64.2 Å². The van der Waals surface area contributed by atoms with Crippen molar-refractivity contribution < 1.29 is 24.7 Å². The zero-order valence-electron chi connectivity index (χ0n) is 21.3. The number of hydrogen-bond acceptors (Lipinski definition) is 5. The molecule has 2 amide bonds. The molecule has 3 aromatic rings. The Bertz CT molecular complexity index is 1290. The van der Waals surface area contributed by atoms with E-state index < -0.39 is 23.8 Å². The Labute approximate surface area is 220 Å². The van der Waals surface area contributed by atoms with Crippen LogP contribution >= 0.6 is 11.6 Å². The Kier molecular flexibility index (Phi) is 9.66. The monoisotopic (exact) mass is 528 g/mol. The van der Waals surface area contributed by atoms with Gasteiger partial charge in [-0.05, 0) is 41.2 Å². The van der Waals surface area contributed by atoms with Gasteiger partial charge in [0.25, 0.3) is 5.91 Å². The van der Waals surface area contributed by atoms with Crippen molar-refractivity contribution >= 4 is 40.2 Å². The van der Waals surface area contributed by atoms with Crippen LogP contribution in [0.1, 0.15) is 78.7 Å². The number of carboxylic acids is 1. The average Bonchev–Trinajstić information content (AvgIpc) is 3.16. The number of rotatable bonds is 12. The third-order valence-corrected chi connectivity index (χ3v) is 6.46. The summed E-state index contributed by atoms with van der Waals surface area (Å²) in [5.74, 6) is -1.24. The molecule has 198 valence electrons. The lowest BCUT2D eigenvalue weighted by atomic mass is 9.99. The van der Waals surface area contributed by atoms with E-state index in [4.69, 9.17) is 16.8 Å². The lowest BCUT2D eigenvalue weighted by molar-refractivity contribution is -0.129. The number of carboxylic acid groups (broad SMARTS) is 1. The number of aromatic nitrogens is 2.